The fraction of sp³-hybridized carbons (Fsp3) is 0.444. The number of aromatic nitrogens is 1. The number of fused-ring (bicyclic) bond motifs is 1. The van der Waals surface area contributed by atoms with Gasteiger partial charge in [0.2, 0.25) is 0 Å². The SMILES string of the molecule is CCOc1ccc2c(c1)c(C)c(C(=O)N(C)CCC(=O)O)n2CC. The van der Waals surface area contributed by atoms with Crippen LogP contribution in [-0.2, 0) is 11.3 Å². The Labute approximate surface area is 141 Å². The van der Waals surface area contributed by atoms with E-state index in [1.54, 1.807) is 7.05 Å². The molecule has 0 fully saturated rings. The van der Waals surface area contributed by atoms with Crippen molar-refractivity contribution < 1.29 is 19.4 Å². The van der Waals surface area contributed by atoms with Crippen LogP contribution in [0.2, 0.25) is 0 Å². The largest absolute Gasteiger partial charge is 0.494 e. The number of carboxylic acid groups (broad SMARTS) is 1. The molecule has 0 radical (unpaired) electrons. The molecule has 0 atom stereocenters. The van der Waals surface area contributed by atoms with Gasteiger partial charge in [-0.25, -0.2) is 0 Å². The quantitative estimate of drug-likeness (QED) is 0.846. The second-order valence-electron chi connectivity index (χ2n) is 5.70. The summed E-state index contributed by atoms with van der Waals surface area (Å²) in [6.07, 6.45) is -0.0673. The molecule has 0 aliphatic carbocycles. The van der Waals surface area contributed by atoms with Crippen LogP contribution in [0.5, 0.6) is 5.75 Å². The van der Waals surface area contributed by atoms with Crippen LogP contribution in [-0.4, -0.2) is 46.6 Å². The van der Waals surface area contributed by atoms with Crippen LogP contribution < -0.4 is 4.74 Å². The first-order chi connectivity index (χ1) is 11.4. The van der Waals surface area contributed by atoms with Gasteiger partial charge in [-0.05, 0) is 44.5 Å². The summed E-state index contributed by atoms with van der Waals surface area (Å²) < 4.78 is 7.53. The number of benzene rings is 1. The van der Waals surface area contributed by atoms with Gasteiger partial charge in [-0.2, -0.15) is 0 Å². The lowest BCUT2D eigenvalue weighted by atomic mass is 10.1. The Morgan fingerprint density at radius 1 is 1.29 bits per heavy atom. The van der Waals surface area contributed by atoms with Crippen LogP contribution in [0, 0.1) is 6.92 Å². The molecule has 1 N–H and O–H groups in total. The highest BCUT2D eigenvalue weighted by atomic mass is 16.5. The molecule has 24 heavy (non-hydrogen) atoms. The van der Waals surface area contributed by atoms with Crippen molar-refractivity contribution in [2.24, 2.45) is 0 Å². The van der Waals surface area contributed by atoms with Gasteiger partial charge in [0, 0.05) is 31.0 Å². The van der Waals surface area contributed by atoms with Crippen molar-refractivity contribution in [1.29, 1.82) is 0 Å². The number of hydrogen-bond donors (Lipinski definition) is 1. The van der Waals surface area contributed by atoms with Crippen molar-refractivity contribution in [3.05, 3.63) is 29.5 Å². The number of ether oxygens (including phenoxy) is 1. The highest BCUT2D eigenvalue weighted by molar-refractivity contribution is 6.02. The van der Waals surface area contributed by atoms with Gasteiger partial charge in [0.1, 0.15) is 11.4 Å². The van der Waals surface area contributed by atoms with Gasteiger partial charge in [-0.3, -0.25) is 9.59 Å². The third-order valence-electron chi connectivity index (χ3n) is 4.13. The highest BCUT2D eigenvalue weighted by Gasteiger charge is 2.23. The second-order valence-corrected chi connectivity index (χ2v) is 5.70. The molecule has 0 aliphatic heterocycles. The number of carboxylic acids is 1. The van der Waals surface area contributed by atoms with E-state index in [-0.39, 0.29) is 18.9 Å². The number of aryl methyl sites for hydroxylation is 2. The molecule has 0 saturated heterocycles. The Morgan fingerprint density at radius 2 is 2.00 bits per heavy atom. The normalized spacial score (nSPS) is 10.8. The first-order valence-corrected chi connectivity index (χ1v) is 8.13. The number of aliphatic carboxylic acids is 1. The maximum Gasteiger partial charge on any atom is 0.305 e. The first-order valence-electron chi connectivity index (χ1n) is 8.13. The minimum absolute atomic E-state index is 0.0673. The summed E-state index contributed by atoms with van der Waals surface area (Å²) in [6.45, 7) is 7.27. The van der Waals surface area contributed by atoms with E-state index < -0.39 is 5.97 Å². The van der Waals surface area contributed by atoms with E-state index in [2.05, 4.69) is 0 Å². The summed E-state index contributed by atoms with van der Waals surface area (Å²) in [5, 5.41) is 9.79. The second kappa shape index (κ2) is 7.38. The molecule has 130 valence electrons. The molecule has 1 heterocycles. The van der Waals surface area contributed by atoms with Crippen LogP contribution in [0.1, 0.15) is 36.3 Å². The number of hydrogen-bond acceptors (Lipinski definition) is 3. The van der Waals surface area contributed by atoms with Crippen molar-refractivity contribution in [3.8, 4) is 5.75 Å². The van der Waals surface area contributed by atoms with Crippen LogP contribution >= 0.6 is 0 Å². The van der Waals surface area contributed by atoms with Gasteiger partial charge in [0.05, 0.1) is 13.0 Å². The van der Waals surface area contributed by atoms with Gasteiger partial charge in [0.15, 0.2) is 0 Å². The summed E-state index contributed by atoms with van der Waals surface area (Å²) in [6, 6.07) is 5.82. The molecule has 0 aliphatic rings. The van der Waals surface area contributed by atoms with Gasteiger partial charge < -0.3 is 19.3 Å². The summed E-state index contributed by atoms with van der Waals surface area (Å²) >= 11 is 0. The molecule has 1 aromatic heterocycles. The standard InChI is InChI=1S/C18H24N2O4/c1-5-20-15-8-7-13(24-6-2)11-14(15)12(3)17(20)18(23)19(4)10-9-16(21)22/h7-8,11H,5-6,9-10H2,1-4H3,(H,21,22). The van der Waals surface area contributed by atoms with Crippen LogP contribution in [0.3, 0.4) is 0 Å². The van der Waals surface area contributed by atoms with Gasteiger partial charge in [0.25, 0.3) is 5.91 Å². The molecule has 1 amide bonds. The minimum atomic E-state index is -0.913. The summed E-state index contributed by atoms with van der Waals surface area (Å²) in [5.41, 5.74) is 2.48. The lowest BCUT2D eigenvalue weighted by Gasteiger charge is -2.18. The first kappa shape index (κ1) is 17.8. The van der Waals surface area contributed by atoms with E-state index in [0.29, 0.717) is 18.8 Å². The molecule has 2 aromatic rings. The predicted octanol–water partition coefficient (Wildman–Crippen LogP) is 2.92. The average molecular weight is 332 g/mol. The maximum absolute atomic E-state index is 12.8. The van der Waals surface area contributed by atoms with Crippen molar-refractivity contribution >= 4 is 22.8 Å². The summed E-state index contributed by atoms with van der Waals surface area (Å²) in [5.74, 6) is -0.298. The van der Waals surface area contributed by atoms with Crippen LogP contribution in [0.4, 0.5) is 0 Å². The zero-order valence-electron chi connectivity index (χ0n) is 14.6. The zero-order chi connectivity index (χ0) is 17.9. The molecule has 2 rings (SSSR count). The molecule has 6 nitrogen and oxygen atoms in total. The van der Waals surface area contributed by atoms with Gasteiger partial charge >= 0.3 is 5.97 Å². The summed E-state index contributed by atoms with van der Waals surface area (Å²) in [4.78, 5) is 25.0. The Hall–Kier alpha value is -2.50. The predicted molar refractivity (Wildman–Crippen MR) is 92.7 cm³/mol. The van der Waals surface area contributed by atoms with Gasteiger partial charge in [-0.1, -0.05) is 0 Å². The van der Waals surface area contributed by atoms with Crippen molar-refractivity contribution in [3.63, 3.8) is 0 Å². The molecule has 0 saturated carbocycles. The lowest BCUT2D eigenvalue weighted by Crippen LogP contribution is -2.31. The smallest absolute Gasteiger partial charge is 0.305 e. The molecule has 0 bridgehead atoms. The van der Waals surface area contributed by atoms with E-state index in [4.69, 9.17) is 9.84 Å². The van der Waals surface area contributed by atoms with Crippen LogP contribution in [0.15, 0.2) is 18.2 Å². The van der Waals surface area contributed by atoms with Crippen molar-refractivity contribution in [2.45, 2.75) is 33.7 Å². The Balaban J connectivity index is 2.46. The molecule has 0 unspecified atom stereocenters. The number of carbonyl (C=O) groups is 2. The molecular formula is C18H24N2O4. The Bertz CT molecular complexity index is 764. The number of nitrogens with zero attached hydrogens (tertiary/aromatic N) is 2. The topological polar surface area (TPSA) is 71.8 Å². The Kier molecular flexibility index (Phi) is 5.49. The number of carbonyl (C=O) groups excluding carboxylic acids is 1. The fourth-order valence-electron chi connectivity index (χ4n) is 2.91. The number of amides is 1. The van der Waals surface area contributed by atoms with E-state index in [1.807, 2.05) is 43.5 Å². The van der Waals surface area contributed by atoms with Gasteiger partial charge in [-0.15, -0.1) is 0 Å². The van der Waals surface area contributed by atoms with E-state index in [1.165, 1.54) is 4.90 Å². The fourth-order valence-corrected chi connectivity index (χ4v) is 2.91. The van der Waals surface area contributed by atoms with Crippen molar-refractivity contribution in [1.82, 2.24) is 9.47 Å². The van der Waals surface area contributed by atoms with E-state index in [0.717, 1.165) is 22.2 Å². The highest BCUT2D eigenvalue weighted by Crippen LogP contribution is 2.30. The molecular weight excluding hydrogens is 308 g/mol. The van der Waals surface area contributed by atoms with Crippen LogP contribution in [0.25, 0.3) is 10.9 Å². The van der Waals surface area contributed by atoms with E-state index in [9.17, 15) is 9.59 Å². The third-order valence-corrected chi connectivity index (χ3v) is 4.13. The lowest BCUT2D eigenvalue weighted by molar-refractivity contribution is -0.137. The number of rotatable bonds is 7. The Morgan fingerprint density at radius 3 is 2.58 bits per heavy atom. The molecule has 1 aromatic carbocycles. The maximum atomic E-state index is 12.8. The molecule has 0 spiro atoms. The van der Waals surface area contributed by atoms with Crippen molar-refractivity contribution in [2.75, 3.05) is 20.2 Å². The monoisotopic (exact) mass is 332 g/mol. The zero-order valence-corrected chi connectivity index (χ0v) is 14.6. The average Bonchev–Trinajstić information content (AvgIpc) is 2.84. The summed E-state index contributed by atoms with van der Waals surface area (Å²) in [7, 11) is 1.63. The van der Waals surface area contributed by atoms with E-state index >= 15 is 0 Å². The molecule has 6 heteroatoms. The third kappa shape index (κ3) is 3.37. The minimum Gasteiger partial charge on any atom is -0.494 e.